The predicted molar refractivity (Wildman–Crippen MR) is 93.4 cm³/mol. The molecule has 6 heteroatoms. The van der Waals surface area contributed by atoms with E-state index in [1.807, 2.05) is 47.7 Å². The quantitative estimate of drug-likeness (QED) is 0.423. The summed E-state index contributed by atoms with van der Waals surface area (Å²) in [5.74, 6) is -0.0275. The fourth-order valence-electron chi connectivity index (χ4n) is 2.34. The molecule has 1 fully saturated rings. The number of carbonyl (C=O) groups is 1. The number of likely N-dealkylation sites (N-methyl/N-ethyl adjacent to an activating group) is 1. The van der Waals surface area contributed by atoms with Crippen molar-refractivity contribution in [3.63, 3.8) is 0 Å². The van der Waals surface area contributed by atoms with Gasteiger partial charge < -0.3 is 14.5 Å². The summed E-state index contributed by atoms with van der Waals surface area (Å²) in [5, 5.41) is 8.92. The van der Waals surface area contributed by atoms with Crippen molar-refractivity contribution in [3.05, 3.63) is 18.3 Å². The molecule has 0 N–H and O–H groups in total. The van der Waals surface area contributed by atoms with Crippen LogP contribution in [0, 0.1) is 22.9 Å². The molecule has 0 saturated carbocycles. The molecule has 1 rings (SSSR count). The minimum Gasteiger partial charge on any atom is -0.551 e. The Morgan fingerprint density at radius 2 is 2.00 bits per heavy atom. The van der Waals surface area contributed by atoms with Crippen molar-refractivity contribution in [1.29, 1.82) is 5.26 Å². The molecule has 0 aromatic carbocycles. The van der Waals surface area contributed by atoms with Gasteiger partial charge in [-0.15, -0.1) is 11.5 Å². The molecule has 1 amide bonds. The van der Waals surface area contributed by atoms with Crippen molar-refractivity contribution in [2.45, 2.75) is 47.1 Å². The van der Waals surface area contributed by atoms with E-state index < -0.39 is 0 Å². The number of hydrogen-bond acceptors (Lipinski definition) is 4. The second-order valence-electron chi connectivity index (χ2n) is 6.13. The Balaban J connectivity index is 0. The molecular weight excluding hydrogens is 476 g/mol. The fraction of sp³-hybridized carbons (Fsp3) is 0.722. The first-order valence-corrected chi connectivity index (χ1v) is 8.25. The zero-order valence-corrected chi connectivity index (χ0v) is 18.8. The maximum absolute atomic E-state index is 12.4. The van der Waals surface area contributed by atoms with Crippen molar-refractivity contribution in [3.8, 4) is 6.07 Å². The van der Waals surface area contributed by atoms with Gasteiger partial charge in [-0.25, -0.2) is 0 Å². The second kappa shape index (κ2) is 12.6. The molecule has 24 heavy (non-hydrogen) atoms. The van der Waals surface area contributed by atoms with Gasteiger partial charge >= 0.3 is 0 Å². The van der Waals surface area contributed by atoms with Crippen molar-refractivity contribution in [1.82, 2.24) is 9.80 Å². The third-order valence-corrected chi connectivity index (χ3v) is 4.15. The van der Waals surface area contributed by atoms with E-state index in [9.17, 15) is 4.79 Å². The van der Waals surface area contributed by atoms with E-state index in [1.54, 1.807) is 18.1 Å². The van der Waals surface area contributed by atoms with Crippen LogP contribution < -0.4 is 0 Å². The maximum atomic E-state index is 12.4. The summed E-state index contributed by atoms with van der Waals surface area (Å²) in [5.41, 5.74) is -0.290. The molecule has 139 valence electrons. The molecular formula is C18H32N3O2Re-. The molecule has 1 atom stereocenters. The van der Waals surface area contributed by atoms with Crippen LogP contribution in [0.3, 0.4) is 0 Å². The molecule has 1 heterocycles. The van der Waals surface area contributed by atoms with E-state index in [0.717, 1.165) is 19.2 Å². The van der Waals surface area contributed by atoms with Gasteiger partial charge in [0.2, 0.25) is 5.91 Å². The van der Waals surface area contributed by atoms with Gasteiger partial charge in [-0.1, -0.05) is 27.7 Å². The molecule has 1 radical (unpaired) electrons. The zero-order chi connectivity index (χ0) is 18.0. The first kappa shape index (κ1) is 25.5. The van der Waals surface area contributed by atoms with Gasteiger partial charge in [0.05, 0.1) is 18.5 Å². The van der Waals surface area contributed by atoms with Gasteiger partial charge in [0, 0.05) is 40.1 Å². The van der Waals surface area contributed by atoms with Crippen LogP contribution in [0.15, 0.2) is 12.2 Å². The molecule has 5 nitrogen and oxygen atoms in total. The Kier molecular flexibility index (Phi) is 13.4. The van der Waals surface area contributed by atoms with Gasteiger partial charge in [0.1, 0.15) is 0 Å². The summed E-state index contributed by atoms with van der Waals surface area (Å²) in [6, 6.07) is 2.15. The van der Waals surface area contributed by atoms with Crippen molar-refractivity contribution in [2.24, 2.45) is 5.41 Å². The maximum Gasteiger partial charge on any atom is 0.246 e. The van der Waals surface area contributed by atoms with Crippen LogP contribution in [-0.2, 0) is 30.0 Å². The largest absolute Gasteiger partial charge is 0.551 e. The molecule has 1 aliphatic rings. The summed E-state index contributed by atoms with van der Waals surface area (Å²) in [7, 11) is 3.65. The number of nitrogens with zero attached hydrogens (tertiary/aromatic N) is 3. The third kappa shape index (κ3) is 7.90. The molecule has 1 saturated heterocycles. The SMILES string of the molecule is CC.CO[C-](C)C(C)(C)/C=C/C(=O)N1CCN(C)CC1CC#N.[Re]. The number of ether oxygens (including phenoxy) is 1. The minimum atomic E-state index is -0.290. The molecule has 0 aromatic rings. The monoisotopic (exact) mass is 509 g/mol. The van der Waals surface area contributed by atoms with E-state index in [4.69, 9.17) is 10.00 Å². The van der Waals surface area contributed by atoms with Crippen LogP contribution in [-0.4, -0.2) is 55.5 Å². The Morgan fingerprint density at radius 3 is 2.50 bits per heavy atom. The smallest absolute Gasteiger partial charge is 0.246 e. The number of hydrogen-bond donors (Lipinski definition) is 0. The van der Waals surface area contributed by atoms with Crippen molar-refractivity contribution in [2.75, 3.05) is 33.8 Å². The zero-order valence-electron chi connectivity index (χ0n) is 16.1. The number of nitriles is 1. The van der Waals surface area contributed by atoms with Gasteiger partial charge in [-0.05, 0) is 20.2 Å². The Bertz CT molecular complexity index is 432. The van der Waals surface area contributed by atoms with Gasteiger partial charge in [0.15, 0.2) is 0 Å². The van der Waals surface area contributed by atoms with E-state index in [0.29, 0.717) is 13.0 Å². The molecule has 0 bridgehead atoms. The average molecular weight is 509 g/mol. The van der Waals surface area contributed by atoms with E-state index in [2.05, 4.69) is 11.0 Å². The summed E-state index contributed by atoms with van der Waals surface area (Å²) < 4.78 is 5.26. The van der Waals surface area contributed by atoms with E-state index in [-0.39, 0.29) is 37.8 Å². The van der Waals surface area contributed by atoms with Crippen LogP contribution in [0.5, 0.6) is 0 Å². The first-order chi connectivity index (χ1) is 10.8. The summed E-state index contributed by atoms with van der Waals surface area (Å²) in [4.78, 5) is 16.4. The average Bonchev–Trinajstić information content (AvgIpc) is 2.54. The number of piperazine rings is 1. The Morgan fingerprint density at radius 1 is 1.42 bits per heavy atom. The Hall–Kier alpha value is -0.718. The molecule has 0 spiro atoms. The number of rotatable bonds is 5. The summed E-state index contributed by atoms with van der Waals surface area (Å²) in [6.45, 7) is 12.2. The van der Waals surface area contributed by atoms with Crippen molar-refractivity contribution < 1.29 is 30.0 Å². The second-order valence-corrected chi connectivity index (χ2v) is 6.13. The van der Waals surface area contributed by atoms with Crippen molar-refractivity contribution >= 4 is 5.91 Å². The third-order valence-electron chi connectivity index (χ3n) is 4.15. The standard InChI is InChI=1S/C16H26N3O2.C2H6.Re/c1-13(21-5)16(2,3)8-6-15(20)19-11-10-18(4)12-14(19)7-9-17;1-2;/h6,8,14H,7,10-12H2,1-5H3;1-2H3;/q-1;;/b8-6+;;. The van der Waals surface area contributed by atoms with Crippen LogP contribution >= 0.6 is 0 Å². The number of amides is 1. The number of methoxy groups -OCH3 is 1. The minimum absolute atomic E-state index is 0. The van der Waals surface area contributed by atoms with Crippen LogP contribution in [0.4, 0.5) is 0 Å². The first-order valence-electron chi connectivity index (χ1n) is 8.25. The molecule has 0 aromatic heterocycles. The molecule has 1 unspecified atom stereocenters. The van der Waals surface area contributed by atoms with Gasteiger partial charge in [-0.2, -0.15) is 18.3 Å². The molecule has 1 aliphatic heterocycles. The summed E-state index contributed by atoms with van der Waals surface area (Å²) in [6.07, 6.45) is 4.71. The molecule has 0 aliphatic carbocycles. The normalized spacial score (nSPS) is 18.6. The fourth-order valence-corrected chi connectivity index (χ4v) is 2.34. The van der Waals surface area contributed by atoms with E-state index in [1.165, 1.54) is 0 Å². The Labute approximate surface area is 161 Å². The van der Waals surface area contributed by atoms with Gasteiger partial charge in [0.25, 0.3) is 0 Å². The topological polar surface area (TPSA) is 56.6 Å². The summed E-state index contributed by atoms with van der Waals surface area (Å²) >= 11 is 0. The van der Waals surface area contributed by atoms with Crippen LogP contribution in [0.1, 0.15) is 41.0 Å². The predicted octanol–water partition coefficient (Wildman–Crippen LogP) is 2.85. The number of carbonyl (C=O) groups excluding carboxylic acids is 1. The van der Waals surface area contributed by atoms with Gasteiger partial charge in [-0.3, -0.25) is 4.79 Å². The van der Waals surface area contributed by atoms with Crippen LogP contribution in [0.25, 0.3) is 0 Å². The van der Waals surface area contributed by atoms with E-state index >= 15 is 0 Å². The van der Waals surface area contributed by atoms with Crippen LogP contribution in [0.2, 0.25) is 0 Å².